The van der Waals surface area contributed by atoms with Gasteiger partial charge in [0.2, 0.25) is 5.91 Å². The number of rotatable bonds is 9. The predicted octanol–water partition coefficient (Wildman–Crippen LogP) is 4.27. The lowest BCUT2D eigenvalue weighted by atomic mass is 10.1. The van der Waals surface area contributed by atoms with Gasteiger partial charge in [0.05, 0.1) is 12.3 Å². The van der Waals surface area contributed by atoms with Crippen molar-refractivity contribution in [3.05, 3.63) is 59.7 Å². The van der Waals surface area contributed by atoms with Crippen molar-refractivity contribution in [3.8, 4) is 11.5 Å². The molecule has 0 bridgehead atoms. The lowest BCUT2D eigenvalue weighted by molar-refractivity contribution is -0.118. The molecule has 2 heterocycles. The number of hydrogen-bond donors (Lipinski definition) is 0. The minimum Gasteiger partial charge on any atom is -0.457 e. The van der Waals surface area contributed by atoms with E-state index in [9.17, 15) is 4.79 Å². The van der Waals surface area contributed by atoms with Crippen LogP contribution >= 0.6 is 0 Å². The second kappa shape index (κ2) is 11.5. The van der Waals surface area contributed by atoms with Gasteiger partial charge in [-0.15, -0.1) is 0 Å². The summed E-state index contributed by atoms with van der Waals surface area (Å²) in [7, 11) is 1.75. The minimum atomic E-state index is 0.164. The van der Waals surface area contributed by atoms with Gasteiger partial charge in [-0.3, -0.25) is 14.6 Å². The molecule has 2 aliphatic heterocycles. The van der Waals surface area contributed by atoms with E-state index in [1.54, 1.807) is 7.11 Å². The van der Waals surface area contributed by atoms with Crippen LogP contribution in [0.2, 0.25) is 0 Å². The monoisotopic (exact) mass is 449 g/mol. The normalized spacial score (nSPS) is 17.5. The van der Waals surface area contributed by atoms with E-state index < -0.39 is 0 Å². The first kappa shape index (κ1) is 23.5. The molecule has 0 saturated carbocycles. The number of benzene rings is 2. The fourth-order valence-electron chi connectivity index (χ4n) is 4.51. The van der Waals surface area contributed by atoms with Gasteiger partial charge in [-0.2, -0.15) is 0 Å². The van der Waals surface area contributed by atoms with Gasteiger partial charge in [-0.05, 0) is 41.8 Å². The highest BCUT2D eigenvalue weighted by Crippen LogP contribution is 2.34. The maximum absolute atomic E-state index is 13.3. The number of hydrogen-bond acceptors (Lipinski definition) is 5. The number of ether oxygens (including phenoxy) is 2. The lowest BCUT2D eigenvalue weighted by Gasteiger charge is -2.35. The lowest BCUT2D eigenvalue weighted by Crippen LogP contribution is -2.47. The molecule has 0 spiro atoms. The van der Waals surface area contributed by atoms with Crippen LogP contribution in [0.15, 0.2) is 54.1 Å². The van der Waals surface area contributed by atoms with Gasteiger partial charge in [0.1, 0.15) is 11.5 Å². The zero-order chi connectivity index (χ0) is 23.0. The van der Waals surface area contributed by atoms with Crippen molar-refractivity contribution in [3.63, 3.8) is 0 Å². The molecule has 6 nitrogen and oxygen atoms in total. The van der Waals surface area contributed by atoms with Crippen LogP contribution < -0.4 is 9.64 Å². The van der Waals surface area contributed by atoms with Gasteiger partial charge in [0.25, 0.3) is 0 Å². The fourth-order valence-corrected chi connectivity index (χ4v) is 4.51. The topological polar surface area (TPSA) is 45.3 Å². The van der Waals surface area contributed by atoms with Crippen molar-refractivity contribution in [2.45, 2.75) is 19.8 Å². The van der Waals surface area contributed by atoms with Gasteiger partial charge < -0.3 is 14.4 Å². The van der Waals surface area contributed by atoms with Crippen molar-refractivity contribution in [2.75, 3.05) is 64.4 Å². The summed E-state index contributed by atoms with van der Waals surface area (Å²) in [4.78, 5) is 20.1. The van der Waals surface area contributed by atoms with Crippen LogP contribution in [0.4, 0.5) is 5.69 Å². The van der Waals surface area contributed by atoms with Crippen LogP contribution in [0.25, 0.3) is 6.08 Å². The van der Waals surface area contributed by atoms with E-state index in [1.165, 1.54) is 5.57 Å². The van der Waals surface area contributed by atoms with Gasteiger partial charge >= 0.3 is 0 Å². The molecule has 2 aliphatic rings. The van der Waals surface area contributed by atoms with E-state index in [1.807, 2.05) is 47.4 Å². The smallest absolute Gasteiger partial charge is 0.231 e. The van der Waals surface area contributed by atoms with Gasteiger partial charge in [0.15, 0.2) is 0 Å². The molecule has 1 fully saturated rings. The molecule has 2 aromatic carbocycles. The molecule has 0 radical (unpaired) electrons. The fraction of sp³-hybridized carbons (Fsp3) is 0.444. The molecule has 6 heteroatoms. The zero-order valence-electron chi connectivity index (χ0n) is 19.8. The summed E-state index contributed by atoms with van der Waals surface area (Å²) >= 11 is 0. The third-order valence-electron chi connectivity index (χ3n) is 6.26. The van der Waals surface area contributed by atoms with Crippen LogP contribution in [0.5, 0.6) is 11.5 Å². The Bertz CT molecular complexity index is 952. The number of nitrogens with zero attached hydrogens (tertiary/aromatic N) is 3. The largest absolute Gasteiger partial charge is 0.457 e. The maximum Gasteiger partial charge on any atom is 0.231 e. The molecular formula is C27H35N3O3. The Kier molecular flexibility index (Phi) is 8.15. The minimum absolute atomic E-state index is 0.164. The highest BCUT2D eigenvalue weighted by atomic mass is 16.5. The Labute approximate surface area is 197 Å². The van der Waals surface area contributed by atoms with E-state index in [-0.39, 0.29) is 5.91 Å². The summed E-state index contributed by atoms with van der Waals surface area (Å²) in [5, 5.41) is 0. The first-order valence-electron chi connectivity index (χ1n) is 12.0. The van der Waals surface area contributed by atoms with Gasteiger partial charge in [-0.1, -0.05) is 31.2 Å². The third-order valence-corrected chi connectivity index (χ3v) is 6.26. The molecule has 2 aromatic rings. The van der Waals surface area contributed by atoms with Crippen molar-refractivity contribution in [1.82, 2.24) is 9.80 Å². The number of carbonyl (C=O) groups is 1. The highest BCUT2D eigenvalue weighted by molar-refractivity contribution is 5.99. The maximum atomic E-state index is 13.3. The molecule has 0 aliphatic carbocycles. The molecule has 33 heavy (non-hydrogen) atoms. The number of piperazine rings is 1. The molecule has 0 atom stereocenters. The molecule has 1 amide bonds. The van der Waals surface area contributed by atoms with Crippen molar-refractivity contribution in [1.29, 1.82) is 0 Å². The van der Waals surface area contributed by atoms with E-state index in [4.69, 9.17) is 9.47 Å². The molecule has 4 rings (SSSR count). The Morgan fingerprint density at radius 2 is 1.67 bits per heavy atom. The third kappa shape index (κ3) is 6.22. The average molecular weight is 450 g/mol. The number of amides is 1. The second-order valence-corrected chi connectivity index (χ2v) is 8.77. The summed E-state index contributed by atoms with van der Waals surface area (Å²) in [5.74, 6) is 1.70. The molecule has 0 unspecified atom stereocenters. The zero-order valence-corrected chi connectivity index (χ0v) is 19.8. The second-order valence-electron chi connectivity index (χ2n) is 8.77. The van der Waals surface area contributed by atoms with Crippen LogP contribution in [-0.4, -0.2) is 75.2 Å². The first-order valence-corrected chi connectivity index (χ1v) is 12.0. The summed E-state index contributed by atoms with van der Waals surface area (Å²) in [6.45, 7) is 9.55. The van der Waals surface area contributed by atoms with Crippen LogP contribution in [0.3, 0.4) is 0 Å². The molecule has 1 saturated heterocycles. The number of anilines is 1. The Morgan fingerprint density at radius 1 is 0.909 bits per heavy atom. The molecule has 176 valence electrons. The first-order chi connectivity index (χ1) is 16.2. The van der Waals surface area contributed by atoms with E-state index >= 15 is 0 Å². The summed E-state index contributed by atoms with van der Waals surface area (Å²) in [6, 6.07) is 15.8. The highest BCUT2D eigenvalue weighted by Gasteiger charge is 2.25. The Hall–Kier alpha value is -2.67. The molecular weight excluding hydrogens is 414 g/mol. The van der Waals surface area contributed by atoms with Crippen molar-refractivity contribution < 1.29 is 14.3 Å². The predicted molar refractivity (Wildman–Crippen MR) is 133 cm³/mol. The quantitative estimate of drug-likeness (QED) is 0.572. The van der Waals surface area contributed by atoms with Gasteiger partial charge in [0, 0.05) is 65.4 Å². The van der Waals surface area contributed by atoms with E-state index in [2.05, 4.69) is 28.9 Å². The molecule has 0 aromatic heterocycles. The van der Waals surface area contributed by atoms with Crippen molar-refractivity contribution >= 4 is 17.7 Å². The number of carbonyl (C=O) groups excluding carboxylic acids is 1. The Morgan fingerprint density at radius 3 is 2.39 bits per heavy atom. The summed E-state index contributed by atoms with van der Waals surface area (Å²) in [5.41, 5.74) is 3.21. The van der Waals surface area contributed by atoms with E-state index in [0.717, 1.165) is 75.0 Å². The van der Waals surface area contributed by atoms with Crippen LogP contribution in [-0.2, 0) is 9.53 Å². The SMILES string of the molecule is CCCN1C(=O)CC(CN2CCN(CCOC)CC2)=Cc2ccc(Oc3ccccc3)cc21. The van der Waals surface area contributed by atoms with Crippen LogP contribution in [0, 0.1) is 0 Å². The Balaban J connectivity index is 1.50. The molecule has 0 N–H and O–H groups in total. The van der Waals surface area contributed by atoms with E-state index in [0.29, 0.717) is 13.0 Å². The summed E-state index contributed by atoms with van der Waals surface area (Å²) in [6.07, 6.45) is 3.59. The number of fused-ring (bicyclic) bond motifs is 1. The number of methoxy groups -OCH3 is 1. The summed E-state index contributed by atoms with van der Waals surface area (Å²) < 4.78 is 11.3. The van der Waals surface area contributed by atoms with Gasteiger partial charge in [-0.25, -0.2) is 0 Å². The van der Waals surface area contributed by atoms with Crippen molar-refractivity contribution in [2.24, 2.45) is 0 Å². The average Bonchev–Trinajstić information content (AvgIpc) is 2.95. The number of para-hydroxylation sites is 1. The van der Waals surface area contributed by atoms with Crippen LogP contribution in [0.1, 0.15) is 25.3 Å². The standard InChI is InChI=1S/C27H35N3O3/c1-3-11-30-26-20-25(33-24-7-5-4-6-8-24)10-9-23(26)18-22(19-27(30)31)21-29-14-12-28(13-15-29)16-17-32-2/h4-10,18,20H,3,11-17,19,21H2,1-2H3.